The fraction of sp³-hybridized carbons (Fsp3) is 0.500. The molecule has 78 valence electrons. The Labute approximate surface area is 87.3 Å². The SMILES string of the molecule is COC(=O)c1cnn(C)c1C1(C#N)CC1. The van der Waals surface area contributed by atoms with E-state index in [1.54, 1.807) is 11.7 Å². The Kier molecular flexibility index (Phi) is 2.00. The van der Waals surface area contributed by atoms with Crippen molar-refractivity contribution in [3.05, 3.63) is 17.5 Å². The quantitative estimate of drug-likeness (QED) is 0.668. The molecule has 15 heavy (non-hydrogen) atoms. The number of nitrogens with zero attached hydrogens (tertiary/aromatic N) is 3. The largest absolute Gasteiger partial charge is 0.465 e. The van der Waals surface area contributed by atoms with Crippen LogP contribution >= 0.6 is 0 Å². The van der Waals surface area contributed by atoms with Gasteiger partial charge in [0.15, 0.2) is 0 Å². The number of carbonyl (C=O) groups is 1. The van der Waals surface area contributed by atoms with Crippen molar-refractivity contribution >= 4 is 5.97 Å². The first-order chi connectivity index (χ1) is 7.14. The Hall–Kier alpha value is -1.83. The minimum Gasteiger partial charge on any atom is -0.465 e. The second-order valence-corrected chi connectivity index (χ2v) is 3.72. The van der Waals surface area contributed by atoms with Crippen molar-refractivity contribution in [3.63, 3.8) is 0 Å². The van der Waals surface area contributed by atoms with Crippen LogP contribution < -0.4 is 0 Å². The van der Waals surface area contributed by atoms with Gasteiger partial charge in [0, 0.05) is 7.05 Å². The van der Waals surface area contributed by atoms with Gasteiger partial charge in [-0.15, -0.1) is 0 Å². The van der Waals surface area contributed by atoms with E-state index in [0.717, 1.165) is 12.8 Å². The molecule has 5 heteroatoms. The molecule has 0 unspecified atom stereocenters. The minimum absolute atomic E-state index is 0.402. The standard InChI is InChI=1S/C10H11N3O2/c1-13-8(10(6-11)3-4-10)7(5-12-13)9(14)15-2/h5H,3-4H2,1-2H3. The first kappa shape index (κ1) is 9.71. The zero-order valence-electron chi connectivity index (χ0n) is 8.65. The highest BCUT2D eigenvalue weighted by atomic mass is 16.5. The lowest BCUT2D eigenvalue weighted by atomic mass is 10.0. The van der Waals surface area contributed by atoms with Gasteiger partial charge in [0.2, 0.25) is 0 Å². The van der Waals surface area contributed by atoms with Crippen molar-refractivity contribution in [3.8, 4) is 6.07 Å². The number of hydrogen-bond acceptors (Lipinski definition) is 4. The summed E-state index contributed by atoms with van der Waals surface area (Å²) < 4.78 is 6.24. The van der Waals surface area contributed by atoms with Gasteiger partial charge in [-0.1, -0.05) is 0 Å². The van der Waals surface area contributed by atoms with E-state index in [1.807, 2.05) is 0 Å². The predicted molar refractivity (Wildman–Crippen MR) is 51.1 cm³/mol. The Morgan fingerprint density at radius 1 is 1.73 bits per heavy atom. The second kappa shape index (κ2) is 3.09. The van der Waals surface area contributed by atoms with Crippen molar-refractivity contribution in [2.45, 2.75) is 18.3 Å². The molecular formula is C10H11N3O2. The predicted octanol–water partition coefficient (Wildman–Crippen LogP) is 0.762. The number of aryl methyl sites for hydroxylation is 1. The number of ether oxygens (including phenoxy) is 1. The number of carbonyl (C=O) groups excluding carboxylic acids is 1. The third kappa shape index (κ3) is 1.30. The molecule has 0 bridgehead atoms. The average Bonchev–Trinajstić information content (AvgIpc) is 2.95. The lowest BCUT2D eigenvalue weighted by molar-refractivity contribution is 0.0599. The van der Waals surface area contributed by atoms with Crippen LogP contribution in [0.2, 0.25) is 0 Å². The smallest absolute Gasteiger partial charge is 0.341 e. The molecule has 0 N–H and O–H groups in total. The Morgan fingerprint density at radius 2 is 2.40 bits per heavy atom. The monoisotopic (exact) mass is 205 g/mol. The molecule has 1 heterocycles. The van der Waals surface area contributed by atoms with Gasteiger partial charge in [0.05, 0.1) is 30.5 Å². The van der Waals surface area contributed by atoms with Crippen LogP contribution in [0.3, 0.4) is 0 Å². The van der Waals surface area contributed by atoms with E-state index < -0.39 is 11.4 Å². The van der Waals surface area contributed by atoms with Gasteiger partial charge in [0.1, 0.15) is 5.56 Å². The summed E-state index contributed by atoms with van der Waals surface area (Å²) in [6, 6.07) is 2.25. The van der Waals surface area contributed by atoms with Crippen LogP contribution in [0.1, 0.15) is 28.9 Å². The maximum atomic E-state index is 11.5. The van der Waals surface area contributed by atoms with Gasteiger partial charge in [-0.05, 0) is 12.8 Å². The van der Waals surface area contributed by atoms with E-state index in [0.29, 0.717) is 11.3 Å². The van der Waals surface area contributed by atoms with Crippen molar-refractivity contribution in [2.24, 2.45) is 7.05 Å². The molecular weight excluding hydrogens is 194 g/mol. The fourth-order valence-corrected chi connectivity index (χ4v) is 1.79. The van der Waals surface area contributed by atoms with Gasteiger partial charge in [0.25, 0.3) is 0 Å². The highest BCUT2D eigenvalue weighted by molar-refractivity contribution is 5.91. The van der Waals surface area contributed by atoms with Gasteiger partial charge < -0.3 is 4.74 Å². The minimum atomic E-state index is -0.519. The summed E-state index contributed by atoms with van der Waals surface area (Å²) in [6.45, 7) is 0. The molecule has 1 aromatic rings. The zero-order chi connectivity index (χ0) is 11.1. The normalized spacial score (nSPS) is 16.9. The molecule has 5 nitrogen and oxygen atoms in total. The van der Waals surface area contributed by atoms with E-state index in [2.05, 4.69) is 15.9 Å². The van der Waals surface area contributed by atoms with Crippen molar-refractivity contribution in [1.29, 1.82) is 5.26 Å². The van der Waals surface area contributed by atoms with E-state index in [1.165, 1.54) is 13.3 Å². The Bertz CT molecular complexity index is 452. The summed E-state index contributed by atoms with van der Waals surface area (Å²) in [4.78, 5) is 11.5. The molecule has 1 aliphatic carbocycles. The molecule has 0 amide bonds. The van der Waals surface area contributed by atoms with Gasteiger partial charge in [-0.2, -0.15) is 10.4 Å². The zero-order valence-corrected chi connectivity index (χ0v) is 8.65. The average molecular weight is 205 g/mol. The summed E-state index contributed by atoms with van der Waals surface area (Å²) in [7, 11) is 3.06. The molecule has 0 aliphatic heterocycles. The maximum Gasteiger partial charge on any atom is 0.341 e. The van der Waals surface area contributed by atoms with Crippen LogP contribution in [-0.4, -0.2) is 22.9 Å². The lowest BCUT2D eigenvalue weighted by Gasteiger charge is -2.08. The van der Waals surface area contributed by atoms with Crippen molar-refractivity contribution in [1.82, 2.24) is 9.78 Å². The fourth-order valence-electron chi connectivity index (χ4n) is 1.79. The van der Waals surface area contributed by atoms with Crippen LogP contribution in [0.5, 0.6) is 0 Å². The highest BCUT2D eigenvalue weighted by Gasteiger charge is 2.49. The molecule has 0 aromatic carbocycles. The number of rotatable bonds is 2. The summed E-state index contributed by atoms with van der Waals surface area (Å²) in [5.41, 5.74) is 0.560. The number of nitriles is 1. The van der Waals surface area contributed by atoms with Gasteiger partial charge in [-0.3, -0.25) is 4.68 Å². The van der Waals surface area contributed by atoms with Crippen LogP contribution in [0.15, 0.2) is 6.20 Å². The van der Waals surface area contributed by atoms with Crippen molar-refractivity contribution in [2.75, 3.05) is 7.11 Å². The Balaban J connectivity index is 2.51. The molecule has 1 fully saturated rings. The second-order valence-electron chi connectivity index (χ2n) is 3.72. The third-order valence-corrected chi connectivity index (χ3v) is 2.76. The maximum absolute atomic E-state index is 11.5. The number of methoxy groups -OCH3 is 1. The van der Waals surface area contributed by atoms with E-state index >= 15 is 0 Å². The van der Waals surface area contributed by atoms with Crippen LogP contribution in [-0.2, 0) is 17.2 Å². The topological polar surface area (TPSA) is 67.9 Å². The molecule has 0 radical (unpaired) electrons. The molecule has 2 rings (SSSR count). The van der Waals surface area contributed by atoms with Gasteiger partial charge >= 0.3 is 5.97 Å². The molecule has 0 spiro atoms. The van der Waals surface area contributed by atoms with E-state index in [4.69, 9.17) is 5.26 Å². The van der Waals surface area contributed by atoms with Crippen LogP contribution in [0, 0.1) is 11.3 Å². The third-order valence-electron chi connectivity index (χ3n) is 2.76. The highest BCUT2D eigenvalue weighted by Crippen LogP contribution is 2.48. The first-order valence-corrected chi connectivity index (χ1v) is 4.66. The van der Waals surface area contributed by atoms with Gasteiger partial charge in [-0.25, -0.2) is 4.79 Å². The van der Waals surface area contributed by atoms with E-state index in [9.17, 15) is 4.79 Å². The molecule has 1 aliphatic rings. The summed E-state index contributed by atoms with van der Waals surface area (Å²) in [6.07, 6.45) is 3.03. The first-order valence-electron chi connectivity index (χ1n) is 4.66. The van der Waals surface area contributed by atoms with Crippen LogP contribution in [0.25, 0.3) is 0 Å². The van der Waals surface area contributed by atoms with Crippen molar-refractivity contribution < 1.29 is 9.53 Å². The summed E-state index contributed by atoms with van der Waals surface area (Å²) in [5, 5.41) is 13.1. The number of aromatic nitrogens is 2. The molecule has 0 saturated heterocycles. The van der Waals surface area contributed by atoms with Crippen LogP contribution in [0.4, 0.5) is 0 Å². The molecule has 0 atom stereocenters. The van der Waals surface area contributed by atoms with E-state index in [-0.39, 0.29) is 0 Å². The molecule has 1 saturated carbocycles. The lowest BCUT2D eigenvalue weighted by Crippen LogP contribution is -2.15. The Morgan fingerprint density at radius 3 is 2.87 bits per heavy atom. The summed E-state index contributed by atoms with van der Waals surface area (Å²) in [5.74, 6) is -0.431. The summed E-state index contributed by atoms with van der Waals surface area (Å²) >= 11 is 0. The number of hydrogen-bond donors (Lipinski definition) is 0. The number of esters is 1. The molecule has 1 aromatic heterocycles.